The minimum Gasteiger partial charge on any atom is -0.497 e. The smallest absolute Gasteiger partial charge is 0.305 e. The Bertz CT molecular complexity index is 1000. The molecule has 0 unspecified atom stereocenters. The molecule has 29 heavy (non-hydrogen) atoms. The number of methoxy groups -OCH3 is 3. The lowest BCUT2D eigenvalue weighted by atomic mass is 9.97. The van der Waals surface area contributed by atoms with Crippen molar-refractivity contribution in [2.45, 2.75) is 25.9 Å². The second-order valence-electron chi connectivity index (χ2n) is 6.65. The van der Waals surface area contributed by atoms with Crippen molar-refractivity contribution >= 4 is 22.7 Å². The summed E-state index contributed by atoms with van der Waals surface area (Å²) in [5.41, 5.74) is 2.65. The third-order valence-corrected chi connectivity index (χ3v) is 4.73. The number of hydrogen-bond donors (Lipinski definition) is 0. The first-order valence-corrected chi connectivity index (χ1v) is 9.36. The van der Waals surface area contributed by atoms with E-state index in [1.54, 1.807) is 38.5 Å². The number of carbonyl (C=O) groups excluding carboxylic acids is 2. The van der Waals surface area contributed by atoms with Crippen molar-refractivity contribution in [3.63, 3.8) is 0 Å². The zero-order chi connectivity index (χ0) is 20.8. The van der Waals surface area contributed by atoms with Crippen LogP contribution in [0, 0.1) is 0 Å². The van der Waals surface area contributed by atoms with Gasteiger partial charge in [0.1, 0.15) is 17.1 Å². The zero-order valence-corrected chi connectivity index (χ0v) is 16.8. The number of carbonyl (C=O) groups is 2. The van der Waals surface area contributed by atoms with Crippen molar-refractivity contribution in [1.29, 1.82) is 0 Å². The van der Waals surface area contributed by atoms with Crippen molar-refractivity contribution in [2.75, 3.05) is 21.3 Å². The first kappa shape index (κ1) is 20.6. The summed E-state index contributed by atoms with van der Waals surface area (Å²) in [7, 11) is 4.57. The lowest BCUT2D eigenvalue weighted by Crippen LogP contribution is -2.05. The van der Waals surface area contributed by atoms with Gasteiger partial charge in [-0.15, -0.1) is 0 Å². The maximum Gasteiger partial charge on any atom is 0.305 e. The highest BCUT2D eigenvalue weighted by atomic mass is 16.5. The first-order chi connectivity index (χ1) is 14.1. The van der Waals surface area contributed by atoms with E-state index in [4.69, 9.17) is 18.6 Å². The minimum atomic E-state index is -0.286. The van der Waals surface area contributed by atoms with E-state index >= 15 is 0 Å². The van der Waals surface area contributed by atoms with Gasteiger partial charge in [-0.25, -0.2) is 0 Å². The van der Waals surface area contributed by atoms with E-state index in [1.165, 1.54) is 7.11 Å². The zero-order valence-electron chi connectivity index (χ0n) is 16.8. The Kier molecular flexibility index (Phi) is 6.67. The molecule has 1 heterocycles. The largest absolute Gasteiger partial charge is 0.497 e. The maximum atomic E-state index is 13.3. The quantitative estimate of drug-likeness (QED) is 0.396. The molecule has 2 aromatic carbocycles. The summed E-state index contributed by atoms with van der Waals surface area (Å²) in [5, 5.41) is 0.744. The average molecular weight is 396 g/mol. The topological polar surface area (TPSA) is 75.0 Å². The van der Waals surface area contributed by atoms with E-state index in [0.29, 0.717) is 47.7 Å². The van der Waals surface area contributed by atoms with E-state index in [0.717, 1.165) is 10.9 Å². The number of rotatable bonds is 9. The highest BCUT2D eigenvalue weighted by molar-refractivity contribution is 6.17. The Hall–Kier alpha value is -3.12. The first-order valence-electron chi connectivity index (χ1n) is 9.36. The number of hydrogen-bond acceptors (Lipinski definition) is 6. The minimum absolute atomic E-state index is 0.131. The molecule has 152 valence electrons. The number of furan rings is 1. The highest BCUT2D eigenvalue weighted by Gasteiger charge is 2.22. The summed E-state index contributed by atoms with van der Waals surface area (Å²) in [5.74, 6) is 0.833. The number of benzene rings is 2. The summed E-state index contributed by atoms with van der Waals surface area (Å²) in [4.78, 5) is 24.8. The monoisotopic (exact) mass is 396 g/mol. The van der Waals surface area contributed by atoms with Crippen LogP contribution in [0.1, 0.15) is 40.1 Å². The molecule has 0 atom stereocenters. The third kappa shape index (κ3) is 4.66. The standard InChI is InChI=1S/C23H24O6/c1-26-14-15-7-12-19-18(13-15)22(20(29-19)5-4-6-21(24)28-3)23(25)16-8-10-17(27-2)11-9-16/h7-13H,4-6,14H2,1-3H3. The van der Waals surface area contributed by atoms with Crippen LogP contribution >= 0.6 is 0 Å². The van der Waals surface area contributed by atoms with Gasteiger partial charge >= 0.3 is 5.97 Å². The summed E-state index contributed by atoms with van der Waals surface area (Å²) >= 11 is 0. The van der Waals surface area contributed by atoms with Crippen LogP contribution in [0.3, 0.4) is 0 Å². The molecule has 0 radical (unpaired) electrons. The van der Waals surface area contributed by atoms with Crippen molar-refractivity contribution in [3.8, 4) is 5.75 Å². The molecular formula is C23H24O6. The van der Waals surface area contributed by atoms with Crippen molar-refractivity contribution in [1.82, 2.24) is 0 Å². The van der Waals surface area contributed by atoms with Crippen LogP contribution < -0.4 is 4.74 Å². The van der Waals surface area contributed by atoms with Gasteiger partial charge in [-0.3, -0.25) is 9.59 Å². The molecule has 0 bridgehead atoms. The van der Waals surface area contributed by atoms with Gasteiger partial charge in [0.05, 0.1) is 26.4 Å². The number of esters is 1. The SMILES string of the molecule is COCc1ccc2oc(CCCC(=O)OC)c(C(=O)c3ccc(OC)cc3)c2c1. The van der Waals surface area contributed by atoms with Gasteiger partial charge in [0, 0.05) is 30.9 Å². The molecule has 6 heteroatoms. The predicted molar refractivity (Wildman–Crippen MR) is 108 cm³/mol. The van der Waals surface area contributed by atoms with Crippen LogP contribution in [0.5, 0.6) is 5.75 Å². The van der Waals surface area contributed by atoms with Crippen LogP contribution in [-0.4, -0.2) is 33.1 Å². The Morgan fingerprint density at radius 2 is 1.76 bits per heavy atom. The molecule has 0 fully saturated rings. The van der Waals surface area contributed by atoms with Crippen LogP contribution in [0.2, 0.25) is 0 Å². The van der Waals surface area contributed by atoms with E-state index in [1.807, 2.05) is 18.2 Å². The molecule has 0 N–H and O–H groups in total. The molecular weight excluding hydrogens is 372 g/mol. The molecule has 3 aromatic rings. The van der Waals surface area contributed by atoms with Gasteiger partial charge in [-0.2, -0.15) is 0 Å². The number of aryl methyl sites for hydroxylation is 1. The van der Waals surface area contributed by atoms with E-state index in [-0.39, 0.29) is 18.2 Å². The fraction of sp³-hybridized carbons (Fsp3) is 0.304. The molecule has 0 saturated heterocycles. The lowest BCUT2D eigenvalue weighted by Gasteiger charge is -2.05. The fourth-order valence-electron chi connectivity index (χ4n) is 3.26. The number of fused-ring (bicyclic) bond motifs is 1. The molecule has 0 aliphatic rings. The predicted octanol–water partition coefficient (Wildman–Crippen LogP) is 4.31. The normalized spacial score (nSPS) is 10.9. The van der Waals surface area contributed by atoms with E-state index < -0.39 is 0 Å². The Morgan fingerprint density at radius 3 is 2.41 bits per heavy atom. The summed E-state index contributed by atoms with van der Waals surface area (Å²) in [6.45, 7) is 0.439. The second kappa shape index (κ2) is 9.39. The third-order valence-electron chi connectivity index (χ3n) is 4.73. The molecule has 0 aliphatic heterocycles. The fourth-order valence-corrected chi connectivity index (χ4v) is 3.26. The van der Waals surface area contributed by atoms with Gasteiger partial charge in [-0.05, 0) is 48.4 Å². The van der Waals surface area contributed by atoms with Gasteiger partial charge in [-0.1, -0.05) is 6.07 Å². The van der Waals surface area contributed by atoms with Crippen LogP contribution in [0.25, 0.3) is 11.0 Å². The molecule has 0 aliphatic carbocycles. The van der Waals surface area contributed by atoms with Gasteiger partial charge in [0.25, 0.3) is 0 Å². The highest BCUT2D eigenvalue weighted by Crippen LogP contribution is 2.31. The molecule has 1 aromatic heterocycles. The Labute approximate surface area is 169 Å². The summed E-state index contributed by atoms with van der Waals surface area (Å²) < 4.78 is 21.1. The van der Waals surface area contributed by atoms with Crippen LogP contribution in [-0.2, 0) is 27.3 Å². The van der Waals surface area contributed by atoms with Crippen LogP contribution in [0.15, 0.2) is 46.9 Å². The Balaban J connectivity index is 2.01. The van der Waals surface area contributed by atoms with Gasteiger partial charge in [0.15, 0.2) is 5.78 Å². The number of ether oxygens (including phenoxy) is 3. The Morgan fingerprint density at radius 1 is 1.00 bits per heavy atom. The second-order valence-corrected chi connectivity index (χ2v) is 6.65. The number of ketones is 1. The molecule has 0 saturated carbocycles. The van der Waals surface area contributed by atoms with Gasteiger partial charge < -0.3 is 18.6 Å². The van der Waals surface area contributed by atoms with Crippen LogP contribution in [0.4, 0.5) is 0 Å². The van der Waals surface area contributed by atoms with E-state index in [2.05, 4.69) is 0 Å². The summed E-state index contributed by atoms with van der Waals surface area (Å²) in [6.07, 6.45) is 1.25. The molecule has 0 spiro atoms. The van der Waals surface area contributed by atoms with E-state index in [9.17, 15) is 9.59 Å². The van der Waals surface area contributed by atoms with Gasteiger partial charge in [0.2, 0.25) is 0 Å². The van der Waals surface area contributed by atoms with Crippen molar-refractivity contribution < 1.29 is 28.2 Å². The molecule has 0 amide bonds. The maximum absolute atomic E-state index is 13.3. The lowest BCUT2D eigenvalue weighted by molar-refractivity contribution is -0.140. The van der Waals surface area contributed by atoms with Crippen molar-refractivity contribution in [3.05, 3.63) is 64.9 Å². The molecule has 6 nitrogen and oxygen atoms in total. The average Bonchev–Trinajstić information content (AvgIpc) is 3.10. The van der Waals surface area contributed by atoms with Crippen molar-refractivity contribution in [2.24, 2.45) is 0 Å². The molecule has 3 rings (SSSR count). The summed E-state index contributed by atoms with van der Waals surface area (Å²) in [6, 6.07) is 12.6.